The number of nitrogens with two attached hydrogens (primary N) is 1. The summed E-state index contributed by atoms with van der Waals surface area (Å²) in [6.07, 6.45) is 2.13. The number of hydrogen-bond donors (Lipinski definition) is 1. The van der Waals surface area contributed by atoms with Gasteiger partial charge in [0.25, 0.3) is 0 Å². The van der Waals surface area contributed by atoms with Crippen molar-refractivity contribution in [2.45, 2.75) is 26.8 Å². The molecule has 0 spiro atoms. The maximum atomic E-state index is 6.29. The Balaban J connectivity index is 2.55. The molecule has 2 rings (SSSR count). The van der Waals surface area contributed by atoms with Crippen molar-refractivity contribution >= 4 is 10.9 Å². The van der Waals surface area contributed by atoms with Crippen molar-refractivity contribution in [1.29, 1.82) is 0 Å². The molecule has 1 aromatic carbocycles. The van der Waals surface area contributed by atoms with E-state index < -0.39 is 0 Å². The molecule has 18 heavy (non-hydrogen) atoms. The SMILES string of the molecule is CCOc1ccc2c(c1)c(C(N)C(C)C)cn2C. The molecular weight excluding hydrogens is 224 g/mol. The van der Waals surface area contributed by atoms with Crippen LogP contribution in [0.2, 0.25) is 0 Å². The lowest BCUT2D eigenvalue weighted by Gasteiger charge is -2.15. The first kappa shape index (κ1) is 13.0. The monoisotopic (exact) mass is 246 g/mol. The molecule has 0 aliphatic rings. The third-order valence-electron chi connectivity index (χ3n) is 3.38. The van der Waals surface area contributed by atoms with Crippen molar-refractivity contribution in [3.63, 3.8) is 0 Å². The van der Waals surface area contributed by atoms with Crippen LogP contribution < -0.4 is 10.5 Å². The van der Waals surface area contributed by atoms with E-state index in [1.807, 2.05) is 13.0 Å². The van der Waals surface area contributed by atoms with E-state index in [1.165, 1.54) is 16.5 Å². The van der Waals surface area contributed by atoms with Crippen LogP contribution in [0.5, 0.6) is 5.75 Å². The van der Waals surface area contributed by atoms with Crippen LogP contribution in [0.15, 0.2) is 24.4 Å². The van der Waals surface area contributed by atoms with Gasteiger partial charge in [0.05, 0.1) is 6.61 Å². The topological polar surface area (TPSA) is 40.2 Å². The zero-order valence-corrected chi connectivity index (χ0v) is 11.6. The minimum Gasteiger partial charge on any atom is -0.494 e. The molecule has 1 unspecified atom stereocenters. The molecule has 98 valence electrons. The number of nitrogens with zero attached hydrogens (tertiary/aromatic N) is 1. The number of rotatable bonds is 4. The van der Waals surface area contributed by atoms with E-state index in [4.69, 9.17) is 10.5 Å². The molecule has 0 aliphatic heterocycles. The highest BCUT2D eigenvalue weighted by Gasteiger charge is 2.16. The molecular formula is C15H22N2O. The van der Waals surface area contributed by atoms with Gasteiger partial charge in [0.1, 0.15) is 5.75 Å². The van der Waals surface area contributed by atoms with Gasteiger partial charge in [-0.05, 0) is 36.6 Å². The molecule has 2 aromatic rings. The Morgan fingerprint density at radius 3 is 2.67 bits per heavy atom. The number of benzene rings is 1. The highest BCUT2D eigenvalue weighted by atomic mass is 16.5. The van der Waals surface area contributed by atoms with Crippen molar-refractivity contribution < 1.29 is 4.74 Å². The molecule has 3 heteroatoms. The van der Waals surface area contributed by atoms with E-state index in [1.54, 1.807) is 0 Å². The standard InChI is InChI=1S/C15H22N2O/c1-5-18-11-6-7-14-12(8-11)13(9-17(14)4)15(16)10(2)3/h6-10,15H,5,16H2,1-4H3. The molecule has 0 saturated carbocycles. The highest BCUT2D eigenvalue weighted by molar-refractivity contribution is 5.85. The molecule has 0 bridgehead atoms. The largest absolute Gasteiger partial charge is 0.494 e. The number of ether oxygens (including phenoxy) is 1. The maximum absolute atomic E-state index is 6.29. The maximum Gasteiger partial charge on any atom is 0.120 e. The van der Waals surface area contributed by atoms with E-state index in [2.05, 4.69) is 43.8 Å². The lowest BCUT2D eigenvalue weighted by Crippen LogP contribution is -2.16. The van der Waals surface area contributed by atoms with Crippen LogP contribution in [0.4, 0.5) is 0 Å². The van der Waals surface area contributed by atoms with Crippen LogP contribution in [0.25, 0.3) is 10.9 Å². The van der Waals surface area contributed by atoms with Crippen molar-refractivity contribution in [1.82, 2.24) is 4.57 Å². The number of aromatic nitrogens is 1. The molecule has 2 N–H and O–H groups in total. The molecule has 0 aliphatic carbocycles. The van der Waals surface area contributed by atoms with E-state index >= 15 is 0 Å². The second-order valence-electron chi connectivity index (χ2n) is 5.08. The number of hydrogen-bond acceptors (Lipinski definition) is 2. The molecule has 0 saturated heterocycles. The smallest absolute Gasteiger partial charge is 0.120 e. The summed E-state index contributed by atoms with van der Waals surface area (Å²) >= 11 is 0. The van der Waals surface area contributed by atoms with E-state index in [-0.39, 0.29) is 6.04 Å². The number of aryl methyl sites for hydroxylation is 1. The third-order valence-corrected chi connectivity index (χ3v) is 3.38. The van der Waals surface area contributed by atoms with Crippen LogP contribution in [-0.2, 0) is 7.05 Å². The first-order valence-corrected chi connectivity index (χ1v) is 6.52. The minimum atomic E-state index is 0.0607. The van der Waals surface area contributed by atoms with Gasteiger partial charge in [-0.15, -0.1) is 0 Å². The Morgan fingerprint density at radius 1 is 1.33 bits per heavy atom. The Kier molecular flexibility index (Phi) is 3.62. The third kappa shape index (κ3) is 2.23. The molecule has 0 amide bonds. The quantitative estimate of drug-likeness (QED) is 0.899. The summed E-state index contributed by atoms with van der Waals surface area (Å²) in [7, 11) is 2.05. The molecule has 1 atom stereocenters. The Morgan fingerprint density at radius 2 is 2.06 bits per heavy atom. The first-order chi connectivity index (χ1) is 8.54. The first-order valence-electron chi connectivity index (χ1n) is 6.52. The summed E-state index contributed by atoms with van der Waals surface area (Å²) in [6.45, 7) is 6.98. The number of fused-ring (bicyclic) bond motifs is 1. The predicted octanol–water partition coefficient (Wildman–Crippen LogP) is 3.23. The summed E-state index contributed by atoms with van der Waals surface area (Å²) in [5.41, 5.74) is 8.68. The summed E-state index contributed by atoms with van der Waals surface area (Å²) in [5.74, 6) is 1.33. The molecule has 3 nitrogen and oxygen atoms in total. The Bertz CT molecular complexity index is 543. The Hall–Kier alpha value is -1.48. The summed E-state index contributed by atoms with van der Waals surface area (Å²) in [5, 5.41) is 1.20. The molecule has 0 radical (unpaired) electrons. The predicted molar refractivity (Wildman–Crippen MR) is 75.9 cm³/mol. The Labute approximate surface area is 109 Å². The fourth-order valence-corrected chi connectivity index (χ4v) is 2.28. The van der Waals surface area contributed by atoms with Gasteiger partial charge in [0, 0.05) is 30.2 Å². The van der Waals surface area contributed by atoms with Crippen LogP contribution in [0.3, 0.4) is 0 Å². The van der Waals surface area contributed by atoms with E-state index in [0.717, 1.165) is 5.75 Å². The van der Waals surface area contributed by atoms with Gasteiger partial charge in [0.2, 0.25) is 0 Å². The zero-order chi connectivity index (χ0) is 13.3. The zero-order valence-electron chi connectivity index (χ0n) is 11.6. The second-order valence-corrected chi connectivity index (χ2v) is 5.08. The van der Waals surface area contributed by atoms with Gasteiger partial charge in [-0.2, -0.15) is 0 Å². The summed E-state index contributed by atoms with van der Waals surface area (Å²) < 4.78 is 7.70. The van der Waals surface area contributed by atoms with Crippen LogP contribution in [0.1, 0.15) is 32.4 Å². The second kappa shape index (κ2) is 5.02. The highest BCUT2D eigenvalue weighted by Crippen LogP contribution is 2.31. The normalized spacial score (nSPS) is 13.2. The molecule has 1 heterocycles. The van der Waals surface area contributed by atoms with E-state index in [9.17, 15) is 0 Å². The van der Waals surface area contributed by atoms with Gasteiger partial charge in [-0.3, -0.25) is 0 Å². The van der Waals surface area contributed by atoms with Crippen molar-refractivity contribution in [3.05, 3.63) is 30.0 Å². The summed E-state index contributed by atoms with van der Waals surface area (Å²) in [6, 6.07) is 6.26. The fraction of sp³-hybridized carbons (Fsp3) is 0.467. The summed E-state index contributed by atoms with van der Waals surface area (Å²) in [4.78, 5) is 0. The van der Waals surface area contributed by atoms with Crippen LogP contribution in [-0.4, -0.2) is 11.2 Å². The molecule has 1 aromatic heterocycles. The average molecular weight is 246 g/mol. The van der Waals surface area contributed by atoms with Crippen molar-refractivity contribution in [2.24, 2.45) is 18.7 Å². The lowest BCUT2D eigenvalue weighted by molar-refractivity contribution is 0.340. The minimum absolute atomic E-state index is 0.0607. The molecule has 0 fully saturated rings. The fourth-order valence-electron chi connectivity index (χ4n) is 2.28. The van der Waals surface area contributed by atoms with Crippen molar-refractivity contribution in [2.75, 3.05) is 6.61 Å². The van der Waals surface area contributed by atoms with Crippen LogP contribution in [0, 0.1) is 5.92 Å². The van der Waals surface area contributed by atoms with E-state index in [0.29, 0.717) is 12.5 Å². The van der Waals surface area contributed by atoms with Crippen molar-refractivity contribution in [3.8, 4) is 5.75 Å². The van der Waals surface area contributed by atoms with Crippen LogP contribution >= 0.6 is 0 Å². The van der Waals surface area contributed by atoms with Gasteiger partial charge >= 0.3 is 0 Å². The average Bonchev–Trinajstić information content (AvgIpc) is 2.66. The van der Waals surface area contributed by atoms with Gasteiger partial charge < -0.3 is 15.0 Å². The van der Waals surface area contributed by atoms with Gasteiger partial charge in [-0.1, -0.05) is 13.8 Å². The van der Waals surface area contributed by atoms with Gasteiger partial charge in [0.15, 0.2) is 0 Å². The van der Waals surface area contributed by atoms with Gasteiger partial charge in [-0.25, -0.2) is 0 Å². The lowest BCUT2D eigenvalue weighted by atomic mass is 9.97.